The zero-order valence-electron chi connectivity index (χ0n) is 12.4. The van der Waals surface area contributed by atoms with Crippen molar-refractivity contribution in [3.05, 3.63) is 35.9 Å². The molecule has 1 amide bonds. The van der Waals surface area contributed by atoms with Crippen LogP contribution in [-0.2, 0) is 9.53 Å². The van der Waals surface area contributed by atoms with Crippen LogP contribution in [0.1, 0.15) is 50.1 Å². The Labute approximate surface area is 126 Å². The number of benzene rings is 1. The number of rotatable bonds is 2. The fraction of sp³-hybridized carbons (Fsp3) is 0.611. The van der Waals surface area contributed by atoms with E-state index in [0.29, 0.717) is 24.2 Å². The highest BCUT2D eigenvalue weighted by Gasteiger charge is 2.41. The first-order valence-electron chi connectivity index (χ1n) is 8.32. The van der Waals surface area contributed by atoms with E-state index < -0.39 is 0 Å². The predicted molar refractivity (Wildman–Crippen MR) is 80.7 cm³/mol. The van der Waals surface area contributed by atoms with Crippen LogP contribution in [0.4, 0.5) is 0 Å². The summed E-state index contributed by atoms with van der Waals surface area (Å²) in [6.07, 6.45) is 7.09. The lowest BCUT2D eigenvalue weighted by Gasteiger charge is -2.33. The second-order valence-electron chi connectivity index (χ2n) is 6.73. The Morgan fingerprint density at radius 3 is 2.48 bits per heavy atom. The average Bonchev–Trinajstić information content (AvgIpc) is 3.14. The van der Waals surface area contributed by atoms with Crippen LogP contribution in [0.2, 0.25) is 0 Å². The molecule has 4 rings (SSSR count). The van der Waals surface area contributed by atoms with Crippen LogP contribution < -0.4 is 0 Å². The fourth-order valence-electron chi connectivity index (χ4n) is 4.35. The van der Waals surface area contributed by atoms with Crippen molar-refractivity contribution in [1.29, 1.82) is 0 Å². The number of hydrogen-bond acceptors (Lipinski definition) is 2. The van der Waals surface area contributed by atoms with Crippen molar-refractivity contribution in [3.8, 4) is 0 Å². The first-order valence-corrected chi connectivity index (χ1v) is 8.32. The highest BCUT2D eigenvalue weighted by molar-refractivity contribution is 5.80. The third-order valence-electron chi connectivity index (χ3n) is 5.36. The van der Waals surface area contributed by atoms with Crippen LogP contribution in [0.25, 0.3) is 0 Å². The van der Waals surface area contributed by atoms with Gasteiger partial charge in [-0.25, -0.2) is 0 Å². The van der Waals surface area contributed by atoms with Gasteiger partial charge in [-0.15, -0.1) is 0 Å². The summed E-state index contributed by atoms with van der Waals surface area (Å²) >= 11 is 0. The van der Waals surface area contributed by atoms with Gasteiger partial charge in [-0.3, -0.25) is 4.79 Å². The summed E-state index contributed by atoms with van der Waals surface area (Å²) in [4.78, 5) is 15.1. The Balaban J connectivity index is 1.51. The molecule has 3 aliphatic heterocycles. The van der Waals surface area contributed by atoms with Crippen molar-refractivity contribution in [1.82, 2.24) is 4.90 Å². The summed E-state index contributed by atoms with van der Waals surface area (Å²) in [5.41, 5.74) is 1.29. The molecule has 3 aliphatic rings. The van der Waals surface area contributed by atoms with E-state index >= 15 is 0 Å². The first-order chi connectivity index (χ1) is 10.3. The molecule has 0 aliphatic carbocycles. The monoisotopic (exact) mass is 285 g/mol. The summed E-state index contributed by atoms with van der Waals surface area (Å²) in [5, 5.41) is 0. The van der Waals surface area contributed by atoms with Crippen molar-refractivity contribution >= 4 is 5.91 Å². The Kier molecular flexibility index (Phi) is 3.46. The minimum Gasteiger partial charge on any atom is -0.375 e. The summed E-state index contributed by atoms with van der Waals surface area (Å²) in [5.74, 6) is 0.571. The van der Waals surface area contributed by atoms with E-state index in [1.165, 1.54) is 5.56 Å². The molecule has 1 aromatic rings. The highest BCUT2D eigenvalue weighted by atomic mass is 16.5. The number of fused-ring (bicyclic) bond motifs is 2. The number of carbonyl (C=O) groups excluding carboxylic acids is 1. The van der Waals surface area contributed by atoms with E-state index in [2.05, 4.69) is 29.2 Å². The molecule has 1 aromatic carbocycles. The number of amides is 1. The van der Waals surface area contributed by atoms with Gasteiger partial charge in [0.05, 0.1) is 18.2 Å². The van der Waals surface area contributed by atoms with Crippen LogP contribution in [0, 0.1) is 5.92 Å². The maximum absolute atomic E-state index is 13.0. The van der Waals surface area contributed by atoms with E-state index in [1.807, 2.05) is 6.07 Å². The van der Waals surface area contributed by atoms with Gasteiger partial charge < -0.3 is 9.64 Å². The summed E-state index contributed by atoms with van der Waals surface area (Å²) in [7, 11) is 0. The van der Waals surface area contributed by atoms with E-state index in [0.717, 1.165) is 45.1 Å². The van der Waals surface area contributed by atoms with Gasteiger partial charge in [0.15, 0.2) is 0 Å². The predicted octanol–water partition coefficient (Wildman–Crippen LogP) is 3.31. The highest BCUT2D eigenvalue weighted by Crippen LogP contribution is 2.39. The quantitative estimate of drug-likeness (QED) is 0.834. The molecule has 0 aromatic heterocycles. The Bertz CT molecular complexity index is 503. The summed E-state index contributed by atoms with van der Waals surface area (Å²) < 4.78 is 5.88. The molecule has 3 saturated heterocycles. The lowest BCUT2D eigenvalue weighted by Crippen LogP contribution is -2.40. The van der Waals surface area contributed by atoms with E-state index in [4.69, 9.17) is 4.74 Å². The van der Waals surface area contributed by atoms with Crippen molar-refractivity contribution in [2.24, 2.45) is 5.92 Å². The first kappa shape index (κ1) is 13.3. The van der Waals surface area contributed by atoms with Crippen molar-refractivity contribution in [2.45, 2.75) is 56.8 Å². The van der Waals surface area contributed by atoms with Crippen LogP contribution >= 0.6 is 0 Å². The molecule has 112 valence electrons. The second kappa shape index (κ2) is 5.45. The topological polar surface area (TPSA) is 29.5 Å². The zero-order chi connectivity index (χ0) is 14.2. The van der Waals surface area contributed by atoms with Crippen LogP contribution in [0.15, 0.2) is 30.3 Å². The zero-order valence-corrected chi connectivity index (χ0v) is 12.4. The fourth-order valence-corrected chi connectivity index (χ4v) is 4.35. The summed E-state index contributed by atoms with van der Waals surface area (Å²) in [6, 6.07) is 10.8. The van der Waals surface area contributed by atoms with Gasteiger partial charge in [0.2, 0.25) is 5.91 Å². The van der Waals surface area contributed by atoms with Gasteiger partial charge in [-0.1, -0.05) is 30.3 Å². The minimum absolute atomic E-state index is 0.195. The van der Waals surface area contributed by atoms with Gasteiger partial charge in [0, 0.05) is 12.5 Å². The number of ether oxygens (including phenoxy) is 1. The normalized spacial score (nSPS) is 35.1. The lowest BCUT2D eigenvalue weighted by molar-refractivity contribution is -0.142. The standard InChI is InChI=1S/C18H23NO2/c20-18(14-11-15-8-9-16(12-14)21-15)19-10-4-7-17(19)13-5-2-1-3-6-13/h1-3,5-6,14-17H,4,7-12H2. The summed E-state index contributed by atoms with van der Waals surface area (Å²) in [6.45, 7) is 0.922. The molecule has 0 spiro atoms. The van der Waals surface area contributed by atoms with Crippen LogP contribution in [0.3, 0.4) is 0 Å². The molecule has 0 saturated carbocycles. The number of likely N-dealkylation sites (tertiary alicyclic amines) is 1. The molecule has 0 N–H and O–H groups in total. The van der Waals surface area contributed by atoms with Crippen LogP contribution in [-0.4, -0.2) is 29.6 Å². The van der Waals surface area contributed by atoms with Gasteiger partial charge in [0.1, 0.15) is 0 Å². The van der Waals surface area contributed by atoms with Gasteiger partial charge in [-0.2, -0.15) is 0 Å². The Morgan fingerprint density at radius 2 is 1.76 bits per heavy atom. The van der Waals surface area contributed by atoms with Gasteiger partial charge in [-0.05, 0) is 44.1 Å². The molecule has 3 heteroatoms. The second-order valence-corrected chi connectivity index (χ2v) is 6.73. The molecule has 3 heterocycles. The van der Waals surface area contributed by atoms with Crippen molar-refractivity contribution in [2.75, 3.05) is 6.54 Å². The molecule has 21 heavy (non-hydrogen) atoms. The minimum atomic E-state index is 0.195. The SMILES string of the molecule is O=C(C1CC2CCC(C1)O2)N1CCCC1c1ccccc1. The maximum atomic E-state index is 13.0. The Hall–Kier alpha value is -1.35. The number of hydrogen-bond donors (Lipinski definition) is 0. The van der Waals surface area contributed by atoms with Gasteiger partial charge in [0.25, 0.3) is 0 Å². The van der Waals surface area contributed by atoms with Gasteiger partial charge >= 0.3 is 0 Å². The molecular weight excluding hydrogens is 262 g/mol. The van der Waals surface area contributed by atoms with Crippen LogP contribution in [0.5, 0.6) is 0 Å². The molecule has 3 atom stereocenters. The third kappa shape index (κ3) is 2.48. The van der Waals surface area contributed by atoms with Crippen molar-refractivity contribution < 1.29 is 9.53 Å². The Morgan fingerprint density at radius 1 is 1.05 bits per heavy atom. The van der Waals surface area contributed by atoms with E-state index in [1.54, 1.807) is 0 Å². The number of nitrogens with zero attached hydrogens (tertiary/aromatic N) is 1. The third-order valence-corrected chi connectivity index (χ3v) is 5.36. The number of carbonyl (C=O) groups is 1. The van der Waals surface area contributed by atoms with Crippen molar-refractivity contribution in [3.63, 3.8) is 0 Å². The van der Waals surface area contributed by atoms with E-state index in [9.17, 15) is 4.79 Å². The largest absolute Gasteiger partial charge is 0.375 e. The molecule has 3 unspecified atom stereocenters. The maximum Gasteiger partial charge on any atom is 0.226 e. The molecule has 3 fully saturated rings. The molecule has 2 bridgehead atoms. The molecular formula is C18H23NO2. The molecule has 3 nitrogen and oxygen atoms in total. The average molecular weight is 285 g/mol. The molecule has 0 radical (unpaired) electrons. The van der Waals surface area contributed by atoms with E-state index in [-0.39, 0.29) is 5.92 Å². The lowest BCUT2D eigenvalue weighted by atomic mass is 9.93. The smallest absolute Gasteiger partial charge is 0.226 e.